The van der Waals surface area contributed by atoms with Crippen molar-refractivity contribution >= 4 is 5.84 Å². The molecule has 0 saturated heterocycles. The molecular weight excluding hydrogens is 548 g/mol. The number of hydrogen-bond acceptors (Lipinski definition) is 10. The van der Waals surface area contributed by atoms with E-state index >= 15 is 0 Å². The number of ether oxygens (including phenoxy) is 6. The highest BCUT2D eigenvalue weighted by molar-refractivity contribution is 5.84. The van der Waals surface area contributed by atoms with Crippen LogP contribution in [0.25, 0.3) is 0 Å². The monoisotopic (exact) mass is 617 g/mol. The Morgan fingerprint density at radius 2 is 0.930 bits per heavy atom. The van der Waals surface area contributed by atoms with E-state index in [1.807, 2.05) is 20.8 Å². The van der Waals surface area contributed by atoms with Crippen molar-refractivity contribution in [3.63, 3.8) is 0 Å². The molecule has 0 amide bonds. The van der Waals surface area contributed by atoms with Crippen molar-refractivity contribution in [3.8, 4) is 0 Å². The van der Waals surface area contributed by atoms with E-state index in [2.05, 4.69) is 119 Å². The Bertz CT molecular complexity index is 836. The molecule has 0 fully saturated rings. The third kappa shape index (κ3) is 18.0. The van der Waals surface area contributed by atoms with Crippen molar-refractivity contribution in [1.29, 1.82) is 0 Å². The Morgan fingerprint density at radius 1 is 0.535 bits per heavy atom. The van der Waals surface area contributed by atoms with Crippen molar-refractivity contribution in [2.45, 2.75) is 171 Å². The van der Waals surface area contributed by atoms with E-state index in [0.29, 0.717) is 33.4 Å². The first kappa shape index (κ1) is 40.2. The van der Waals surface area contributed by atoms with E-state index in [9.17, 15) is 0 Å². The zero-order valence-electron chi connectivity index (χ0n) is 31.1. The molecule has 10 heteroatoms. The molecule has 1 aliphatic rings. The van der Waals surface area contributed by atoms with Crippen LogP contribution in [0.1, 0.15) is 125 Å². The van der Waals surface area contributed by atoms with Crippen LogP contribution in [-0.4, -0.2) is 107 Å². The van der Waals surface area contributed by atoms with Gasteiger partial charge < -0.3 is 33.3 Å². The van der Waals surface area contributed by atoms with Gasteiger partial charge >= 0.3 is 0 Å². The van der Waals surface area contributed by atoms with Crippen LogP contribution in [0, 0.1) is 0 Å². The quantitative estimate of drug-likeness (QED) is 0.212. The van der Waals surface area contributed by atoms with Gasteiger partial charge in [-0.3, -0.25) is 0 Å². The first-order chi connectivity index (χ1) is 19.1. The van der Waals surface area contributed by atoms with Gasteiger partial charge in [0.2, 0.25) is 0 Å². The predicted molar refractivity (Wildman–Crippen MR) is 175 cm³/mol. The summed E-state index contributed by atoms with van der Waals surface area (Å²) >= 11 is 0. The molecule has 10 nitrogen and oxygen atoms in total. The molecule has 1 aliphatic heterocycles. The van der Waals surface area contributed by atoms with Crippen molar-refractivity contribution in [2.24, 2.45) is 4.99 Å². The number of hydrogen-bond donors (Lipinski definition) is 0. The molecular formula is C33H68N4O6. The smallest absolute Gasteiger partial charge is 0.150 e. The minimum atomic E-state index is -0.404. The van der Waals surface area contributed by atoms with Crippen LogP contribution in [0.5, 0.6) is 0 Å². The van der Waals surface area contributed by atoms with E-state index in [0.717, 1.165) is 5.84 Å². The molecule has 2 unspecified atom stereocenters. The molecule has 0 N–H and O–H groups in total. The molecule has 0 radical (unpaired) electrons. The molecule has 0 aromatic heterocycles. The summed E-state index contributed by atoms with van der Waals surface area (Å²) in [6.45, 7) is 38.9. The summed E-state index contributed by atoms with van der Waals surface area (Å²) in [7, 11) is 0. The Kier molecular flexibility index (Phi) is 14.2. The minimum absolute atomic E-state index is 0.279. The Balaban J connectivity index is 3.85. The lowest BCUT2D eigenvalue weighted by molar-refractivity contribution is -0.232. The van der Waals surface area contributed by atoms with Crippen molar-refractivity contribution in [1.82, 2.24) is 14.7 Å². The number of nitrogens with zero attached hydrogens (tertiary/aromatic N) is 4. The summed E-state index contributed by atoms with van der Waals surface area (Å²) in [5, 5.41) is 0. The second-order valence-corrected chi connectivity index (χ2v) is 17.3. The summed E-state index contributed by atoms with van der Waals surface area (Å²) in [4.78, 5) is 11.8. The molecule has 43 heavy (non-hydrogen) atoms. The maximum absolute atomic E-state index is 6.44. The standard InChI is InChI=1S/C33H68N4O6/c1-28(2,3)38-19-25-34-26(20-39-29(4,5)6)37(24-43-33(16,17)18)27(36(25)23-42-32(13,14)15)35(21-40-30(7,8)9)22-41-31(10,11)12/h25,27H,19-24H2,1-18H3. The number of rotatable bonds is 13. The average molecular weight is 617 g/mol. The fourth-order valence-corrected chi connectivity index (χ4v) is 3.60. The number of aliphatic imine (C=N–C) groups is 1. The lowest BCUT2D eigenvalue weighted by Gasteiger charge is -2.52. The summed E-state index contributed by atoms with van der Waals surface area (Å²) in [6.07, 6.45) is -0.762. The van der Waals surface area contributed by atoms with E-state index in [4.69, 9.17) is 33.4 Å². The van der Waals surface area contributed by atoms with Gasteiger partial charge in [0.1, 0.15) is 51.8 Å². The first-order valence-electron chi connectivity index (χ1n) is 15.7. The van der Waals surface area contributed by atoms with Gasteiger partial charge in [-0.2, -0.15) is 0 Å². The molecule has 256 valence electrons. The molecule has 1 heterocycles. The van der Waals surface area contributed by atoms with Crippen molar-refractivity contribution in [2.75, 3.05) is 40.1 Å². The largest absolute Gasteiger partial charge is 0.372 e. The van der Waals surface area contributed by atoms with Gasteiger partial charge in [0.15, 0.2) is 0 Å². The molecule has 0 spiro atoms. The molecule has 1 rings (SSSR count). The SMILES string of the molecule is CC(C)(C)OCC1=NC(COC(C)(C)C)N(COC(C)(C)C)C(N(COC(C)(C)C)COC(C)(C)C)N1COC(C)(C)C. The maximum Gasteiger partial charge on any atom is 0.150 e. The molecule has 2 atom stereocenters. The van der Waals surface area contributed by atoms with Gasteiger partial charge in [-0.25, -0.2) is 14.8 Å². The van der Waals surface area contributed by atoms with Crippen LogP contribution < -0.4 is 0 Å². The fraction of sp³-hybridized carbons (Fsp3) is 0.970. The zero-order valence-corrected chi connectivity index (χ0v) is 31.1. The first-order valence-corrected chi connectivity index (χ1v) is 15.7. The highest BCUT2D eigenvalue weighted by Gasteiger charge is 2.43. The zero-order chi connectivity index (χ0) is 33.7. The lowest BCUT2D eigenvalue weighted by atomic mass is 10.2. The molecule has 0 bridgehead atoms. The van der Waals surface area contributed by atoms with Crippen LogP contribution in [0.4, 0.5) is 0 Å². The third-order valence-corrected chi connectivity index (χ3v) is 5.82. The Morgan fingerprint density at radius 3 is 1.33 bits per heavy atom. The van der Waals surface area contributed by atoms with Crippen LogP contribution in [-0.2, 0) is 28.4 Å². The third-order valence-electron chi connectivity index (χ3n) is 5.82. The highest BCUT2D eigenvalue weighted by Crippen LogP contribution is 2.28. The Labute approximate surface area is 264 Å². The molecule has 0 aromatic rings. The van der Waals surface area contributed by atoms with Crippen molar-refractivity contribution in [3.05, 3.63) is 0 Å². The van der Waals surface area contributed by atoms with Gasteiger partial charge in [0, 0.05) is 0 Å². The number of amidine groups is 1. The fourth-order valence-electron chi connectivity index (χ4n) is 3.60. The summed E-state index contributed by atoms with van der Waals surface area (Å²) in [5.41, 5.74) is -2.19. The van der Waals surface area contributed by atoms with Gasteiger partial charge in [-0.05, 0) is 125 Å². The van der Waals surface area contributed by atoms with Gasteiger partial charge in [0.25, 0.3) is 0 Å². The van der Waals surface area contributed by atoms with Gasteiger partial charge in [-0.15, -0.1) is 0 Å². The molecule has 0 aromatic carbocycles. The predicted octanol–water partition coefficient (Wildman–Crippen LogP) is 6.63. The second kappa shape index (κ2) is 15.2. The highest BCUT2D eigenvalue weighted by atomic mass is 16.5. The van der Waals surface area contributed by atoms with Crippen LogP contribution in [0.3, 0.4) is 0 Å². The van der Waals surface area contributed by atoms with Crippen LogP contribution >= 0.6 is 0 Å². The maximum atomic E-state index is 6.44. The van der Waals surface area contributed by atoms with Crippen LogP contribution in [0.2, 0.25) is 0 Å². The molecule has 0 aliphatic carbocycles. The minimum Gasteiger partial charge on any atom is -0.372 e. The lowest BCUT2D eigenvalue weighted by Crippen LogP contribution is -2.68. The van der Waals surface area contributed by atoms with Gasteiger partial charge in [0.05, 0.1) is 40.2 Å². The van der Waals surface area contributed by atoms with E-state index in [-0.39, 0.29) is 46.5 Å². The van der Waals surface area contributed by atoms with Crippen LogP contribution in [0.15, 0.2) is 4.99 Å². The summed E-state index contributed by atoms with van der Waals surface area (Å²) in [6, 6.07) is 0. The normalized spacial score (nSPS) is 20.3. The summed E-state index contributed by atoms with van der Waals surface area (Å²) < 4.78 is 38.4. The van der Waals surface area contributed by atoms with Gasteiger partial charge in [-0.1, -0.05) is 0 Å². The van der Waals surface area contributed by atoms with E-state index in [1.165, 1.54) is 0 Å². The second-order valence-electron chi connectivity index (χ2n) is 17.3. The Hall–Kier alpha value is -0.850. The van der Waals surface area contributed by atoms with Crippen molar-refractivity contribution < 1.29 is 28.4 Å². The molecule has 0 saturated carbocycles. The van der Waals surface area contributed by atoms with E-state index in [1.54, 1.807) is 0 Å². The average Bonchev–Trinajstić information content (AvgIpc) is 2.75. The topological polar surface area (TPSA) is 77.5 Å². The summed E-state index contributed by atoms with van der Waals surface area (Å²) in [5.74, 6) is 0.773. The van der Waals surface area contributed by atoms with E-state index < -0.39 is 6.29 Å².